The van der Waals surface area contributed by atoms with Gasteiger partial charge >= 0.3 is 11.9 Å². The monoisotopic (exact) mass is 455 g/mol. The van der Waals surface area contributed by atoms with Gasteiger partial charge in [0.05, 0.1) is 29.7 Å². The molecule has 0 aliphatic carbocycles. The Hall–Kier alpha value is -2.23. The number of hydrogen-bond acceptors (Lipinski definition) is 6. The Morgan fingerprint density at radius 2 is 1.74 bits per heavy atom. The summed E-state index contributed by atoms with van der Waals surface area (Å²) in [6, 6.07) is 10.5. The Balaban J connectivity index is 2.13. The first-order valence-electron chi connectivity index (χ1n) is 7.92. The van der Waals surface area contributed by atoms with Crippen molar-refractivity contribution >= 4 is 37.9 Å². The summed E-state index contributed by atoms with van der Waals surface area (Å²) >= 11 is 3.19. The molecule has 0 radical (unpaired) electrons. The van der Waals surface area contributed by atoms with Gasteiger partial charge in [0, 0.05) is 11.0 Å². The van der Waals surface area contributed by atoms with Gasteiger partial charge in [-0.15, -0.1) is 0 Å². The van der Waals surface area contributed by atoms with Crippen LogP contribution in [0.15, 0.2) is 51.8 Å². The largest absolute Gasteiger partial charge is 0.465 e. The van der Waals surface area contributed by atoms with Crippen molar-refractivity contribution in [3.63, 3.8) is 0 Å². The molecule has 0 saturated carbocycles. The van der Waals surface area contributed by atoms with Crippen molar-refractivity contribution in [3.05, 3.63) is 63.6 Å². The van der Waals surface area contributed by atoms with Crippen LogP contribution in [0.25, 0.3) is 0 Å². The average molecular weight is 456 g/mol. The van der Waals surface area contributed by atoms with Gasteiger partial charge < -0.3 is 9.47 Å². The lowest BCUT2D eigenvalue weighted by molar-refractivity contribution is 0.0525. The first-order chi connectivity index (χ1) is 12.8. The molecule has 0 aliphatic rings. The number of carbonyl (C=O) groups is 2. The van der Waals surface area contributed by atoms with Gasteiger partial charge in [-0.2, -0.15) is 0 Å². The number of benzene rings is 2. The van der Waals surface area contributed by atoms with E-state index in [1.165, 1.54) is 25.3 Å². The van der Waals surface area contributed by atoms with Gasteiger partial charge in [-0.3, -0.25) is 0 Å². The third-order valence-electron chi connectivity index (χ3n) is 3.58. The van der Waals surface area contributed by atoms with Crippen molar-refractivity contribution in [1.82, 2.24) is 4.72 Å². The summed E-state index contributed by atoms with van der Waals surface area (Å²) in [4.78, 5) is 23.3. The molecule has 144 valence electrons. The van der Waals surface area contributed by atoms with Crippen LogP contribution in [0.1, 0.15) is 33.2 Å². The van der Waals surface area contributed by atoms with Crippen molar-refractivity contribution < 1.29 is 27.5 Å². The molecule has 2 aromatic carbocycles. The molecule has 2 rings (SSSR count). The van der Waals surface area contributed by atoms with Crippen LogP contribution >= 0.6 is 15.9 Å². The smallest absolute Gasteiger partial charge is 0.339 e. The fourth-order valence-corrected chi connectivity index (χ4v) is 3.62. The highest BCUT2D eigenvalue weighted by Crippen LogP contribution is 2.22. The Morgan fingerprint density at radius 1 is 1.07 bits per heavy atom. The third kappa shape index (κ3) is 5.38. The van der Waals surface area contributed by atoms with Gasteiger partial charge in [0.15, 0.2) is 0 Å². The number of rotatable bonds is 7. The van der Waals surface area contributed by atoms with E-state index in [1.54, 1.807) is 31.2 Å². The maximum Gasteiger partial charge on any atom is 0.339 e. The lowest BCUT2D eigenvalue weighted by Crippen LogP contribution is -2.23. The van der Waals surface area contributed by atoms with Crippen molar-refractivity contribution in [2.45, 2.75) is 18.4 Å². The molecule has 7 nitrogen and oxygen atoms in total. The molecule has 0 saturated heterocycles. The van der Waals surface area contributed by atoms with Crippen molar-refractivity contribution in [2.75, 3.05) is 13.7 Å². The van der Waals surface area contributed by atoms with E-state index in [2.05, 4.69) is 25.4 Å². The van der Waals surface area contributed by atoms with Crippen LogP contribution in [-0.2, 0) is 26.0 Å². The first kappa shape index (κ1) is 21.1. The minimum absolute atomic E-state index is 0.0229. The van der Waals surface area contributed by atoms with Gasteiger partial charge in [-0.25, -0.2) is 22.7 Å². The van der Waals surface area contributed by atoms with Crippen molar-refractivity contribution in [1.29, 1.82) is 0 Å². The van der Waals surface area contributed by atoms with Crippen LogP contribution in [-0.4, -0.2) is 34.1 Å². The quantitative estimate of drug-likeness (QED) is 0.644. The fourth-order valence-electron chi connectivity index (χ4n) is 2.17. The summed E-state index contributed by atoms with van der Waals surface area (Å²) in [5, 5.41) is 0. The minimum Gasteiger partial charge on any atom is -0.465 e. The van der Waals surface area contributed by atoms with Crippen LogP contribution in [0.5, 0.6) is 0 Å². The van der Waals surface area contributed by atoms with E-state index in [1.807, 2.05) is 0 Å². The van der Waals surface area contributed by atoms with Gasteiger partial charge in [0.1, 0.15) is 0 Å². The summed E-state index contributed by atoms with van der Waals surface area (Å²) in [5.41, 5.74) is 1.16. The molecule has 0 amide bonds. The van der Waals surface area contributed by atoms with Crippen LogP contribution in [0.4, 0.5) is 0 Å². The summed E-state index contributed by atoms with van der Waals surface area (Å²) < 4.78 is 37.4. The second-order valence-electron chi connectivity index (χ2n) is 5.38. The number of ether oxygens (including phenoxy) is 2. The second-order valence-corrected chi connectivity index (χ2v) is 8.00. The molecule has 0 aliphatic heterocycles. The molecule has 0 bridgehead atoms. The van der Waals surface area contributed by atoms with Gasteiger partial charge in [-0.05, 0) is 58.7 Å². The van der Waals surface area contributed by atoms with E-state index in [4.69, 9.17) is 4.74 Å². The summed E-state index contributed by atoms with van der Waals surface area (Å²) in [7, 11) is -2.63. The molecule has 0 spiro atoms. The van der Waals surface area contributed by atoms with Crippen LogP contribution in [0.3, 0.4) is 0 Å². The number of sulfonamides is 1. The lowest BCUT2D eigenvalue weighted by atomic mass is 10.1. The number of halogens is 1. The summed E-state index contributed by atoms with van der Waals surface area (Å²) in [6.07, 6.45) is 0. The molecule has 0 fully saturated rings. The maximum absolute atomic E-state index is 12.5. The first-order valence-corrected chi connectivity index (χ1v) is 10.2. The molecule has 0 atom stereocenters. The number of hydrogen-bond donors (Lipinski definition) is 1. The van der Waals surface area contributed by atoms with Crippen molar-refractivity contribution in [3.8, 4) is 0 Å². The Kier molecular flexibility index (Phi) is 7.11. The molecular weight excluding hydrogens is 438 g/mol. The summed E-state index contributed by atoms with van der Waals surface area (Å²) in [5.74, 6) is -1.08. The Bertz CT molecular complexity index is 941. The molecule has 0 heterocycles. The number of esters is 2. The van der Waals surface area contributed by atoms with Crippen LogP contribution < -0.4 is 4.72 Å². The number of carbonyl (C=O) groups excluding carboxylic acids is 2. The third-order valence-corrected chi connectivity index (χ3v) is 5.68. The summed E-state index contributed by atoms with van der Waals surface area (Å²) in [6.45, 7) is 2.02. The zero-order chi connectivity index (χ0) is 20.0. The molecular formula is C18H18BrNO6S. The van der Waals surface area contributed by atoms with Crippen LogP contribution in [0.2, 0.25) is 0 Å². The highest BCUT2D eigenvalue weighted by molar-refractivity contribution is 9.10. The van der Waals surface area contributed by atoms with E-state index in [-0.39, 0.29) is 23.6 Å². The van der Waals surface area contributed by atoms with Gasteiger partial charge in [-0.1, -0.05) is 12.1 Å². The predicted octanol–water partition coefficient (Wildman–Crippen LogP) is 2.89. The van der Waals surface area contributed by atoms with E-state index < -0.39 is 22.0 Å². The number of nitrogens with one attached hydrogen (secondary N) is 1. The molecule has 1 N–H and O–H groups in total. The van der Waals surface area contributed by atoms with E-state index in [9.17, 15) is 18.0 Å². The highest BCUT2D eigenvalue weighted by atomic mass is 79.9. The molecule has 2 aromatic rings. The second kappa shape index (κ2) is 9.12. The highest BCUT2D eigenvalue weighted by Gasteiger charge is 2.19. The van der Waals surface area contributed by atoms with Gasteiger partial charge in [0.25, 0.3) is 0 Å². The lowest BCUT2D eigenvalue weighted by Gasteiger charge is -2.10. The van der Waals surface area contributed by atoms with E-state index in [0.717, 1.165) is 0 Å². The Labute approximate surface area is 165 Å². The maximum atomic E-state index is 12.5. The Morgan fingerprint density at radius 3 is 2.33 bits per heavy atom. The standard InChI is InChI=1S/C18H18BrNO6S/c1-3-26-17(21)13-6-4-12(5-7-13)11-20-27(23,24)14-8-9-16(19)15(10-14)18(22)25-2/h4-10,20H,3,11H2,1-2H3. The van der Waals surface area contributed by atoms with Crippen molar-refractivity contribution in [2.24, 2.45) is 0 Å². The van der Waals surface area contributed by atoms with E-state index in [0.29, 0.717) is 15.6 Å². The predicted molar refractivity (Wildman–Crippen MR) is 102 cm³/mol. The minimum atomic E-state index is -3.84. The molecule has 0 aromatic heterocycles. The van der Waals surface area contributed by atoms with E-state index >= 15 is 0 Å². The molecule has 27 heavy (non-hydrogen) atoms. The zero-order valence-corrected chi connectivity index (χ0v) is 17.1. The molecule has 0 unspecified atom stereocenters. The zero-order valence-electron chi connectivity index (χ0n) is 14.7. The normalized spacial score (nSPS) is 11.1. The fraction of sp³-hybridized carbons (Fsp3) is 0.222. The molecule has 9 heteroatoms. The average Bonchev–Trinajstić information content (AvgIpc) is 2.66. The SMILES string of the molecule is CCOC(=O)c1ccc(CNS(=O)(=O)c2ccc(Br)c(C(=O)OC)c2)cc1. The van der Waals surface area contributed by atoms with Crippen LogP contribution in [0, 0.1) is 0 Å². The topological polar surface area (TPSA) is 98.8 Å². The van der Waals surface area contributed by atoms with Gasteiger partial charge in [0.2, 0.25) is 10.0 Å². The number of methoxy groups -OCH3 is 1.